The summed E-state index contributed by atoms with van der Waals surface area (Å²) in [6.45, 7) is 9.74. The van der Waals surface area contributed by atoms with Gasteiger partial charge in [0.2, 0.25) is 5.91 Å². The zero-order valence-electron chi connectivity index (χ0n) is 18.5. The summed E-state index contributed by atoms with van der Waals surface area (Å²) in [6, 6.07) is 7.59. The summed E-state index contributed by atoms with van der Waals surface area (Å²) < 4.78 is 11.3. The second-order valence-corrected chi connectivity index (χ2v) is 9.37. The van der Waals surface area contributed by atoms with E-state index in [9.17, 15) is 9.59 Å². The van der Waals surface area contributed by atoms with Crippen molar-refractivity contribution in [2.45, 2.75) is 39.9 Å². The number of thiazole rings is 1. The van der Waals surface area contributed by atoms with E-state index in [0.29, 0.717) is 38.5 Å². The lowest BCUT2D eigenvalue weighted by atomic mass is 10.2. The maximum absolute atomic E-state index is 12.6. The molecule has 8 heteroatoms. The first-order chi connectivity index (χ1) is 14.7. The highest BCUT2D eigenvalue weighted by Crippen LogP contribution is 2.21. The van der Waals surface area contributed by atoms with E-state index in [1.807, 2.05) is 57.3 Å². The Bertz CT molecular complexity index is 940. The Labute approximate surface area is 187 Å². The number of carbonyl (C=O) groups excluding carboxylic acids is 2. The predicted octanol–water partition coefficient (Wildman–Crippen LogP) is 4.12. The number of carbonyl (C=O) groups is 2. The summed E-state index contributed by atoms with van der Waals surface area (Å²) in [5.74, 6) is 0.612. The van der Waals surface area contributed by atoms with Crippen LogP contribution in [-0.2, 0) is 16.1 Å². The van der Waals surface area contributed by atoms with E-state index in [1.54, 1.807) is 33.3 Å². The van der Waals surface area contributed by atoms with Gasteiger partial charge in [-0.1, -0.05) is 18.2 Å². The van der Waals surface area contributed by atoms with Crippen molar-refractivity contribution in [3.63, 3.8) is 0 Å². The summed E-state index contributed by atoms with van der Waals surface area (Å²) in [5.41, 5.74) is 1.19. The van der Waals surface area contributed by atoms with Crippen molar-refractivity contribution in [1.29, 1.82) is 0 Å². The monoisotopic (exact) mass is 443 g/mol. The molecule has 0 saturated carbocycles. The minimum absolute atomic E-state index is 0.0891. The fraction of sp³-hybridized carbons (Fsp3) is 0.435. The molecule has 1 aromatic carbocycles. The molecule has 3 rings (SSSR count). The van der Waals surface area contributed by atoms with Crippen LogP contribution < -0.4 is 4.74 Å². The molecule has 31 heavy (non-hydrogen) atoms. The Morgan fingerprint density at radius 3 is 2.45 bits per heavy atom. The predicted molar refractivity (Wildman–Crippen MR) is 121 cm³/mol. The molecule has 0 radical (unpaired) electrons. The topological polar surface area (TPSA) is 72.0 Å². The standard InChI is InChI=1S/C23H29N3O4S/c1-17-24-19(16-31-17)15-29-20-8-6-5-7-18(20)9-10-21(27)25-11-13-26(14-12-25)22(28)30-23(2,3)4/h5-10,16H,11-15H2,1-4H3. The molecule has 0 N–H and O–H groups in total. The van der Waals surface area contributed by atoms with Crippen LogP contribution in [0.3, 0.4) is 0 Å². The number of hydrogen-bond acceptors (Lipinski definition) is 6. The first-order valence-corrected chi connectivity index (χ1v) is 11.2. The fourth-order valence-electron chi connectivity index (χ4n) is 3.08. The number of benzene rings is 1. The zero-order valence-corrected chi connectivity index (χ0v) is 19.3. The molecule has 2 aromatic rings. The van der Waals surface area contributed by atoms with Gasteiger partial charge in [-0.3, -0.25) is 4.79 Å². The lowest BCUT2D eigenvalue weighted by Crippen LogP contribution is -2.51. The quantitative estimate of drug-likeness (QED) is 0.650. The van der Waals surface area contributed by atoms with Gasteiger partial charge in [-0.2, -0.15) is 0 Å². The van der Waals surface area contributed by atoms with Crippen LogP contribution in [0.15, 0.2) is 35.7 Å². The Kier molecular flexibility index (Phi) is 7.33. The SMILES string of the molecule is Cc1nc(COc2ccccc2C=CC(=O)N2CCN(C(=O)OC(C)(C)C)CC2)cs1. The van der Waals surface area contributed by atoms with E-state index in [0.717, 1.165) is 16.3 Å². The van der Waals surface area contributed by atoms with Gasteiger partial charge >= 0.3 is 6.09 Å². The van der Waals surface area contributed by atoms with Gasteiger partial charge in [-0.25, -0.2) is 9.78 Å². The number of rotatable bonds is 5. The van der Waals surface area contributed by atoms with Gasteiger partial charge in [0.15, 0.2) is 0 Å². The summed E-state index contributed by atoms with van der Waals surface area (Å²) >= 11 is 1.59. The fourth-order valence-corrected chi connectivity index (χ4v) is 3.68. The second kappa shape index (κ2) is 9.96. The zero-order chi connectivity index (χ0) is 22.4. The van der Waals surface area contributed by atoms with Crippen LogP contribution in [0.2, 0.25) is 0 Å². The number of aromatic nitrogens is 1. The van der Waals surface area contributed by atoms with Crippen molar-refractivity contribution in [1.82, 2.24) is 14.8 Å². The van der Waals surface area contributed by atoms with Gasteiger partial charge in [0, 0.05) is 43.2 Å². The van der Waals surface area contributed by atoms with E-state index in [2.05, 4.69) is 4.98 Å². The summed E-state index contributed by atoms with van der Waals surface area (Å²) in [4.78, 5) is 32.6. The molecule has 0 bridgehead atoms. The average Bonchev–Trinajstić information content (AvgIpc) is 3.15. The van der Waals surface area contributed by atoms with Gasteiger partial charge in [-0.05, 0) is 39.8 Å². The number of para-hydroxylation sites is 1. The summed E-state index contributed by atoms with van der Waals surface area (Å²) in [6.07, 6.45) is 2.99. The molecule has 2 heterocycles. The smallest absolute Gasteiger partial charge is 0.410 e. The molecule has 1 saturated heterocycles. The number of aryl methyl sites for hydroxylation is 1. The third-order valence-corrected chi connectivity index (χ3v) is 5.43. The van der Waals surface area contributed by atoms with Crippen molar-refractivity contribution >= 4 is 29.4 Å². The average molecular weight is 444 g/mol. The Balaban J connectivity index is 1.54. The number of ether oxygens (including phenoxy) is 2. The Morgan fingerprint density at radius 1 is 1.13 bits per heavy atom. The summed E-state index contributed by atoms with van der Waals surface area (Å²) in [7, 11) is 0. The minimum atomic E-state index is -0.527. The van der Waals surface area contributed by atoms with E-state index in [-0.39, 0.29) is 12.0 Å². The highest BCUT2D eigenvalue weighted by Gasteiger charge is 2.27. The van der Waals surface area contributed by atoms with E-state index in [4.69, 9.17) is 9.47 Å². The highest BCUT2D eigenvalue weighted by molar-refractivity contribution is 7.09. The number of piperazine rings is 1. The van der Waals surface area contributed by atoms with Crippen LogP contribution in [0.25, 0.3) is 6.08 Å². The van der Waals surface area contributed by atoms with E-state index in [1.165, 1.54) is 0 Å². The minimum Gasteiger partial charge on any atom is -0.487 e. The third kappa shape index (κ3) is 6.82. The highest BCUT2D eigenvalue weighted by atomic mass is 32.1. The molecule has 166 valence electrons. The molecule has 0 spiro atoms. The largest absolute Gasteiger partial charge is 0.487 e. The van der Waals surface area contributed by atoms with Crippen LogP contribution in [-0.4, -0.2) is 58.6 Å². The van der Waals surface area contributed by atoms with Crippen molar-refractivity contribution in [2.75, 3.05) is 26.2 Å². The maximum atomic E-state index is 12.6. The number of nitrogens with zero attached hydrogens (tertiary/aromatic N) is 3. The van der Waals surface area contributed by atoms with Gasteiger partial charge in [0.1, 0.15) is 18.0 Å². The molecule has 0 aliphatic carbocycles. The normalized spacial score (nSPS) is 14.7. The molecule has 0 atom stereocenters. The van der Waals surface area contributed by atoms with Gasteiger partial charge in [0.05, 0.1) is 10.7 Å². The molecule has 1 aromatic heterocycles. The second-order valence-electron chi connectivity index (χ2n) is 8.31. The van der Waals surface area contributed by atoms with E-state index >= 15 is 0 Å². The molecule has 0 unspecified atom stereocenters. The van der Waals surface area contributed by atoms with Crippen molar-refractivity contribution in [3.05, 3.63) is 52.0 Å². The maximum Gasteiger partial charge on any atom is 0.410 e. The third-order valence-electron chi connectivity index (χ3n) is 4.61. The number of hydrogen-bond donors (Lipinski definition) is 0. The molecular formula is C23H29N3O4S. The van der Waals surface area contributed by atoms with Crippen LogP contribution in [0, 0.1) is 6.92 Å². The van der Waals surface area contributed by atoms with Crippen LogP contribution in [0.1, 0.15) is 37.0 Å². The van der Waals surface area contributed by atoms with Crippen molar-refractivity contribution in [3.8, 4) is 5.75 Å². The molecule has 7 nitrogen and oxygen atoms in total. The van der Waals surface area contributed by atoms with Crippen LogP contribution >= 0.6 is 11.3 Å². The first-order valence-electron chi connectivity index (χ1n) is 10.3. The number of amides is 2. The lowest BCUT2D eigenvalue weighted by molar-refractivity contribution is -0.127. The van der Waals surface area contributed by atoms with Gasteiger partial charge < -0.3 is 19.3 Å². The molecule has 2 amide bonds. The van der Waals surface area contributed by atoms with Crippen molar-refractivity contribution < 1.29 is 19.1 Å². The van der Waals surface area contributed by atoms with E-state index < -0.39 is 5.60 Å². The van der Waals surface area contributed by atoms with Gasteiger partial charge in [-0.15, -0.1) is 11.3 Å². The van der Waals surface area contributed by atoms with Crippen molar-refractivity contribution in [2.24, 2.45) is 0 Å². The Morgan fingerprint density at radius 2 is 1.81 bits per heavy atom. The molecule has 1 fully saturated rings. The summed E-state index contributed by atoms with van der Waals surface area (Å²) in [5, 5.41) is 2.98. The molecule has 1 aliphatic heterocycles. The van der Waals surface area contributed by atoms with Crippen LogP contribution in [0.5, 0.6) is 5.75 Å². The first kappa shape index (κ1) is 22.8. The Hall–Kier alpha value is -2.87. The molecular weight excluding hydrogens is 414 g/mol. The molecule has 1 aliphatic rings. The van der Waals surface area contributed by atoms with Crippen LogP contribution in [0.4, 0.5) is 4.79 Å². The van der Waals surface area contributed by atoms with Gasteiger partial charge in [0.25, 0.3) is 0 Å². The lowest BCUT2D eigenvalue weighted by Gasteiger charge is -2.35.